The first-order chi connectivity index (χ1) is 13.3. The largest absolute Gasteiger partial charge is 0.378 e. The van der Waals surface area contributed by atoms with Gasteiger partial charge in [-0.05, 0) is 37.8 Å². The van der Waals surface area contributed by atoms with E-state index in [9.17, 15) is 4.79 Å². The fourth-order valence-corrected chi connectivity index (χ4v) is 3.85. The number of benzene rings is 1. The van der Waals surface area contributed by atoms with E-state index >= 15 is 0 Å². The van der Waals surface area contributed by atoms with E-state index in [-0.39, 0.29) is 5.91 Å². The van der Waals surface area contributed by atoms with E-state index < -0.39 is 0 Å². The highest BCUT2D eigenvalue weighted by molar-refractivity contribution is 5.90. The molecule has 2 aromatic rings. The van der Waals surface area contributed by atoms with Crippen molar-refractivity contribution in [2.75, 3.05) is 37.7 Å². The number of rotatable bonds is 6. The van der Waals surface area contributed by atoms with Crippen molar-refractivity contribution >= 4 is 22.6 Å². The molecule has 2 heterocycles. The van der Waals surface area contributed by atoms with Gasteiger partial charge in [0.15, 0.2) is 0 Å². The first-order valence-electron chi connectivity index (χ1n) is 10.2. The molecule has 3 fully saturated rings. The lowest BCUT2D eigenvalue weighted by atomic mass is 10.2. The number of carbonyl (C=O) groups is 1. The van der Waals surface area contributed by atoms with Gasteiger partial charge >= 0.3 is 0 Å². The Labute approximate surface area is 159 Å². The average Bonchev–Trinajstić information content (AvgIpc) is 3.61. The van der Waals surface area contributed by atoms with Gasteiger partial charge in [-0.3, -0.25) is 4.79 Å². The van der Waals surface area contributed by atoms with Crippen LogP contribution in [0.2, 0.25) is 0 Å². The van der Waals surface area contributed by atoms with Crippen molar-refractivity contribution in [2.45, 2.75) is 44.1 Å². The number of carbonyl (C=O) groups excluding carboxylic acids is 1. The predicted octanol–water partition coefficient (Wildman–Crippen LogP) is 2.72. The zero-order valence-electron chi connectivity index (χ0n) is 15.6. The maximum absolute atomic E-state index is 12.6. The van der Waals surface area contributed by atoms with Gasteiger partial charge in [-0.25, -0.2) is 9.97 Å². The molecule has 27 heavy (non-hydrogen) atoms. The Hall–Kier alpha value is -2.21. The second-order valence-corrected chi connectivity index (χ2v) is 7.86. The summed E-state index contributed by atoms with van der Waals surface area (Å²) in [5, 5.41) is 1.10. The molecule has 2 aliphatic carbocycles. The summed E-state index contributed by atoms with van der Waals surface area (Å²) in [6, 6.07) is 8.79. The molecule has 0 bridgehead atoms. The summed E-state index contributed by atoms with van der Waals surface area (Å²) < 4.78 is 5.36. The second-order valence-electron chi connectivity index (χ2n) is 7.86. The summed E-state index contributed by atoms with van der Waals surface area (Å²) in [5.74, 6) is 2.75. The summed E-state index contributed by atoms with van der Waals surface area (Å²) in [4.78, 5) is 26.7. The summed E-state index contributed by atoms with van der Waals surface area (Å²) >= 11 is 0. The molecular formula is C21H26N4O2. The molecule has 1 saturated heterocycles. The molecule has 6 heteroatoms. The van der Waals surface area contributed by atoms with E-state index in [1.807, 2.05) is 11.0 Å². The Morgan fingerprint density at radius 1 is 1.11 bits per heavy atom. The van der Waals surface area contributed by atoms with Crippen LogP contribution in [0, 0.1) is 0 Å². The van der Waals surface area contributed by atoms with Gasteiger partial charge in [0.1, 0.15) is 11.6 Å². The van der Waals surface area contributed by atoms with Crippen LogP contribution in [0.25, 0.3) is 10.9 Å². The Morgan fingerprint density at radius 3 is 2.63 bits per heavy atom. The standard InChI is InChI=1S/C21H26N4O2/c26-19(24-11-13-27-14-12-24)9-10-25(16-7-8-16)21-17-3-1-2-4-18(17)22-20(23-21)15-5-6-15/h1-4,15-16H,5-14H2. The van der Waals surface area contributed by atoms with Crippen molar-refractivity contribution in [2.24, 2.45) is 0 Å². The summed E-state index contributed by atoms with van der Waals surface area (Å²) in [6.07, 6.45) is 5.28. The normalized spacial score (nSPS) is 20.1. The first kappa shape index (κ1) is 16.9. The van der Waals surface area contributed by atoms with Crippen molar-refractivity contribution in [3.8, 4) is 0 Å². The lowest BCUT2D eigenvalue weighted by molar-refractivity contribution is -0.135. The fourth-order valence-electron chi connectivity index (χ4n) is 3.85. The van der Waals surface area contributed by atoms with Crippen LogP contribution in [-0.4, -0.2) is 59.7 Å². The van der Waals surface area contributed by atoms with Crippen LogP contribution in [0.1, 0.15) is 43.8 Å². The predicted molar refractivity (Wildman–Crippen MR) is 104 cm³/mol. The monoisotopic (exact) mass is 366 g/mol. The summed E-state index contributed by atoms with van der Waals surface area (Å²) in [7, 11) is 0. The molecule has 0 spiro atoms. The third-order valence-corrected chi connectivity index (χ3v) is 5.73. The summed E-state index contributed by atoms with van der Waals surface area (Å²) in [5.41, 5.74) is 1.02. The maximum atomic E-state index is 12.6. The number of ether oxygens (including phenoxy) is 1. The number of nitrogens with zero attached hydrogens (tertiary/aromatic N) is 4. The molecule has 3 aliphatic rings. The zero-order valence-corrected chi connectivity index (χ0v) is 15.6. The van der Waals surface area contributed by atoms with E-state index in [2.05, 4.69) is 23.1 Å². The molecule has 5 rings (SSSR count). The van der Waals surface area contributed by atoms with Gasteiger partial charge < -0.3 is 14.5 Å². The van der Waals surface area contributed by atoms with Gasteiger partial charge in [0.2, 0.25) is 5.91 Å². The highest BCUT2D eigenvalue weighted by Crippen LogP contribution is 2.41. The number of para-hydroxylation sites is 1. The number of amides is 1. The first-order valence-corrected chi connectivity index (χ1v) is 10.2. The second kappa shape index (κ2) is 7.08. The molecule has 1 amide bonds. The van der Waals surface area contributed by atoms with Crippen LogP contribution in [0.3, 0.4) is 0 Å². The molecule has 1 aliphatic heterocycles. The van der Waals surface area contributed by atoms with Crippen molar-refractivity contribution in [3.63, 3.8) is 0 Å². The molecule has 1 aromatic carbocycles. The number of anilines is 1. The molecular weight excluding hydrogens is 340 g/mol. The zero-order chi connectivity index (χ0) is 18.2. The third-order valence-electron chi connectivity index (χ3n) is 5.73. The Bertz CT molecular complexity index is 841. The minimum atomic E-state index is 0.227. The molecule has 0 radical (unpaired) electrons. The molecule has 0 N–H and O–H groups in total. The number of morpholine rings is 1. The quantitative estimate of drug-likeness (QED) is 0.787. The number of hydrogen-bond donors (Lipinski definition) is 0. The van der Waals surface area contributed by atoms with Crippen LogP contribution in [0.5, 0.6) is 0 Å². The van der Waals surface area contributed by atoms with Crippen molar-refractivity contribution in [1.82, 2.24) is 14.9 Å². The molecule has 0 unspecified atom stereocenters. The molecule has 1 aromatic heterocycles. The van der Waals surface area contributed by atoms with Crippen LogP contribution in [0.4, 0.5) is 5.82 Å². The molecule has 2 saturated carbocycles. The highest BCUT2D eigenvalue weighted by Gasteiger charge is 2.34. The smallest absolute Gasteiger partial charge is 0.224 e. The minimum Gasteiger partial charge on any atom is -0.378 e. The lowest BCUT2D eigenvalue weighted by Crippen LogP contribution is -2.42. The third kappa shape index (κ3) is 3.63. The number of aromatic nitrogens is 2. The SMILES string of the molecule is O=C(CCN(c1nc(C2CC2)nc2ccccc12)C1CC1)N1CCOCC1. The molecule has 6 nitrogen and oxygen atoms in total. The van der Waals surface area contributed by atoms with Crippen molar-refractivity contribution in [1.29, 1.82) is 0 Å². The van der Waals surface area contributed by atoms with Gasteiger partial charge in [0, 0.05) is 43.4 Å². The highest BCUT2D eigenvalue weighted by atomic mass is 16.5. The number of fused-ring (bicyclic) bond motifs is 1. The number of hydrogen-bond acceptors (Lipinski definition) is 5. The van der Waals surface area contributed by atoms with Gasteiger partial charge in [-0.1, -0.05) is 12.1 Å². The van der Waals surface area contributed by atoms with E-state index in [1.54, 1.807) is 0 Å². The van der Waals surface area contributed by atoms with Crippen molar-refractivity contribution in [3.05, 3.63) is 30.1 Å². The van der Waals surface area contributed by atoms with Gasteiger partial charge in [-0.15, -0.1) is 0 Å². The van der Waals surface area contributed by atoms with Crippen LogP contribution < -0.4 is 4.90 Å². The summed E-state index contributed by atoms with van der Waals surface area (Å²) in [6.45, 7) is 3.46. The Morgan fingerprint density at radius 2 is 1.89 bits per heavy atom. The maximum Gasteiger partial charge on any atom is 0.224 e. The van der Waals surface area contributed by atoms with Crippen molar-refractivity contribution < 1.29 is 9.53 Å². The van der Waals surface area contributed by atoms with E-state index in [0.717, 1.165) is 29.1 Å². The van der Waals surface area contributed by atoms with Crippen LogP contribution in [-0.2, 0) is 9.53 Å². The molecule has 0 atom stereocenters. The van der Waals surface area contributed by atoms with Gasteiger partial charge in [0.25, 0.3) is 0 Å². The molecule has 142 valence electrons. The van der Waals surface area contributed by atoms with E-state index in [1.165, 1.54) is 25.7 Å². The Kier molecular flexibility index (Phi) is 4.44. The van der Waals surface area contributed by atoms with E-state index in [0.29, 0.717) is 44.7 Å². The topological polar surface area (TPSA) is 58.6 Å². The Balaban J connectivity index is 1.41. The van der Waals surface area contributed by atoms with Gasteiger partial charge in [-0.2, -0.15) is 0 Å². The van der Waals surface area contributed by atoms with E-state index in [4.69, 9.17) is 14.7 Å². The van der Waals surface area contributed by atoms with Crippen LogP contribution >= 0.6 is 0 Å². The van der Waals surface area contributed by atoms with Crippen LogP contribution in [0.15, 0.2) is 24.3 Å². The van der Waals surface area contributed by atoms with Gasteiger partial charge in [0.05, 0.1) is 18.7 Å². The fraction of sp³-hybridized carbons (Fsp3) is 0.571. The lowest BCUT2D eigenvalue weighted by Gasteiger charge is -2.29. The average molecular weight is 366 g/mol. The minimum absolute atomic E-state index is 0.227.